The number of benzene rings is 2. The zero-order chi connectivity index (χ0) is 13.9. The second kappa shape index (κ2) is 5.93. The molecule has 102 valence electrons. The van der Waals surface area contributed by atoms with Gasteiger partial charge in [0, 0.05) is 15.8 Å². The van der Waals surface area contributed by atoms with Gasteiger partial charge < -0.3 is 10.6 Å². The van der Waals surface area contributed by atoms with Crippen molar-refractivity contribution in [1.82, 2.24) is 5.32 Å². The van der Waals surface area contributed by atoms with Crippen LogP contribution in [-0.4, -0.2) is 12.5 Å². The molecule has 1 amide bonds. The van der Waals surface area contributed by atoms with E-state index in [0.29, 0.717) is 0 Å². The first-order chi connectivity index (χ1) is 9.75. The quantitative estimate of drug-likeness (QED) is 0.789. The average molecular weight is 378 g/mol. The van der Waals surface area contributed by atoms with Gasteiger partial charge in [-0.05, 0) is 64.9 Å². The summed E-state index contributed by atoms with van der Waals surface area (Å²) in [5.41, 5.74) is 4.19. The number of rotatable bonds is 2. The maximum atomic E-state index is 12.4. The lowest BCUT2D eigenvalue weighted by atomic mass is 9.99. The number of amides is 1. The molecule has 0 aliphatic carbocycles. The summed E-state index contributed by atoms with van der Waals surface area (Å²) in [6, 6.07) is 13.7. The number of fused-ring (bicyclic) bond motifs is 1. The highest BCUT2D eigenvalue weighted by molar-refractivity contribution is 14.1. The van der Waals surface area contributed by atoms with E-state index in [9.17, 15) is 4.79 Å². The molecule has 0 aromatic heterocycles. The maximum absolute atomic E-state index is 12.4. The van der Waals surface area contributed by atoms with Gasteiger partial charge >= 0.3 is 0 Å². The number of carbonyl (C=O) groups excluding carboxylic acids is 1. The topological polar surface area (TPSA) is 41.1 Å². The first-order valence-corrected chi connectivity index (χ1v) is 7.71. The van der Waals surface area contributed by atoms with Crippen LogP contribution in [0.25, 0.3) is 0 Å². The standard InChI is InChI=1S/C16H15IN2O/c17-14-6-2-1-5-13(14)16(20)19-15-7-3-4-11-10-18-9-8-12(11)15/h1-7,18H,8-10H2,(H,19,20). The van der Waals surface area contributed by atoms with Gasteiger partial charge in [-0.25, -0.2) is 0 Å². The fourth-order valence-corrected chi connectivity index (χ4v) is 3.12. The van der Waals surface area contributed by atoms with Crippen molar-refractivity contribution in [2.75, 3.05) is 11.9 Å². The Morgan fingerprint density at radius 3 is 2.85 bits per heavy atom. The Balaban J connectivity index is 1.89. The third-order valence-electron chi connectivity index (χ3n) is 3.51. The van der Waals surface area contributed by atoms with Gasteiger partial charge in [0.2, 0.25) is 0 Å². The van der Waals surface area contributed by atoms with E-state index in [2.05, 4.69) is 39.3 Å². The van der Waals surface area contributed by atoms with E-state index in [-0.39, 0.29) is 5.91 Å². The van der Waals surface area contributed by atoms with Crippen molar-refractivity contribution in [1.29, 1.82) is 0 Å². The highest BCUT2D eigenvalue weighted by atomic mass is 127. The number of carbonyl (C=O) groups is 1. The molecule has 2 N–H and O–H groups in total. The van der Waals surface area contributed by atoms with Crippen LogP contribution in [0.3, 0.4) is 0 Å². The second-order valence-corrected chi connectivity index (χ2v) is 5.97. The van der Waals surface area contributed by atoms with Gasteiger partial charge in [0.25, 0.3) is 5.91 Å². The summed E-state index contributed by atoms with van der Waals surface area (Å²) < 4.78 is 0.967. The monoisotopic (exact) mass is 378 g/mol. The molecular formula is C16H15IN2O. The lowest BCUT2D eigenvalue weighted by Crippen LogP contribution is -2.25. The minimum absolute atomic E-state index is 0.0399. The van der Waals surface area contributed by atoms with E-state index in [4.69, 9.17) is 0 Å². The molecule has 0 saturated heterocycles. The number of anilines is 1. The summed E-state index contributed by atoms with van der Waals surface area (Å²) in [5, 5.41) is 6.40. The highest BCUT2D eigenvalue weighted by Gasteiger charge is 2.15. The molecule has 0 saturated carbocycles. The Kier molecular flexibility index (Phi) is 4.03. The van der Waals surface area contributed by atoms with E-state index >= 15 is 0 Å². The summed E-state index contributed by atoms with van der Waals surface area (Å²) in [6.45, 7) is 1.84. The Morgan fingerprint density at radius 2 is 2.00 bits per heavy atom. The van der Waals surface area contributed by atoms with Crippen molar-refractivity contribution in [3.05, 3.63) is 62.7 Å². The van der Waals surface area contributed by atoms with Gasteiger partial charge in [-0.2, -0.15) is 0 Å². The summed E-state index contributed by atoms with van der Waals surface area (Å²) >= 11 is 2.19. The van der Waals surface area contributed by atoms with Crippen LogP contribution in [-0.2, 0) is 13.0 Å². The number of hydrogen-bond donors (Lipinski definition) is 2. The first-order valence-electron chi connectivity index (χ1n) is 6.63. The van der Waals surface area contributed by atoms with Crippen molar-refractivity contribution < 1.29 is 4.79 Å². The summed E-state index contributed by atoms with van der Waals surface area (Å²) in [7, 11) is 0. The maximum Gasteiger partial charge on any atom is 0.256 e. The molecule has 0 unspecified atom stereocenters. The SMILES string of the molecule is O=C(Nc1cccc2c1CCNC2)c1ccccc1I. The molecule has 0 bridgehead atoms. The molecule has 1 aliphatic rings. The molecule has 3 rings (SSSR count). The van der Waals surface area contributed by atoms with Crippen LogP contribution >= 0.6 is 22.6 Å². The molecule has 20 heavy (non-hydrogen) atoms. The number of hydrogen-bond acceptors (Lipinski definition) is 2. The molecule has 2 aromatic carbocycles. The van der Waals surface area contributed by atoms with Gasteiger partial charge in [-0.3, -0.25) is 4.79 Å². The Morgan fingerprint density at radius 1 is 1.15 bits per heavy atom. The van der Waals surface area contributed by atoms with Crippen LogP contribution in [0, 0.1) is 3.57 Å². The minimum atomic E-state index is -0.0399. The summed E-state index contributed by atoms with van der Waals surface area (Å²) in [5.74, 6) is -0.0399. The third kappa shape index (κ3) is 2.71. The van der Waals surface area contributed by atoms with Crippen LogP contribution in [0.5, 0.6) is 0 Å². The van der Waals surface area contributed by atoms with Crippen molar-refractivity contribution in [2.45, 2.75) is 13.0 Å². The Hall–Kier alpha value is -1.40. The van der Waals surface area contributed by atoms with E-state index in [1.807, 2.05) is 36.4 Å². The highest BCUT2D eigenvalue weighted by Crippen LogP contribution is 2.24. The number of halogens is 1. The molecule has 0 atom stereocenters. The molecule has 1 heterocycles. The smallest absolute Gasteiger partial charge is 0.256 e. The van der Waals surface area contributed by atoms with Gasteiger partial charge in [0.05, 0.1) is 5.56 Å². The van der Waals surface area contributed by atoms with Crippen molar-refractivity contribution >= 4 is 34.2 Å². The van der Waals surface area contributed by atoms with Gasteiger partial charge in [-0.15, -0.1) is 0 Å². The minimum Gasteiger partial charge on any atom is -0.322 e. The van der Waals surface area contributed by atoms with Crippen molar-refractivity contribution in [3.63, 3.8) is 0 Å². The normalized spacial score (nSPS) is 13.7. The first kappa shape index (κ1) is 13.6. The molecule has 0 radical (unpaired) electrons. The fraction of sp³-hybridized carbons (Fsp3) is 0.188. The molecule has 0 fully saturated rings. The lowest BCUT2D eigenvalue weighted by Gasteiger charge is -2.20. The molecule has 2 aromatic rings. The van der Waals surface area contributed by atoms with Crippen LogP contribution in [0.2, 0.25) is 0 Å². The van der Waals surface area contributed by atoms with Crippen molar-refractivity contribution in [3.8, 4) is 0 Å². The predicted octanol–water partition coefficient (Wildman–Crippen LogP) is 3.19. The predicted molar refractivity (Wildman–Crippen MR) is 89.0 cm³/mol. The van der Waals surface area contributed by atoms with Crippen molar-refractivity contribution in [2.24, 2.45) is 0 Å². The van der Waals surface area contributed by atoms with E-state index in [0.717, 1.165) is 34.3 Å². The van der Waals surface area contributed by atoms with Gasteiger partial charge in [0.15, 0.2) is 0 Å². The molecule has 0 spiro atoms. The summed E-state index contributed by atoms with van der Waals surface area (Å²) in [4.78, 5) is 12.4. The van der Waals surface area contributed by atoms with E-state index < -0.39 is 0 Å². The average Bonchev–Trinajstić information content (AvgIpc) is 2.48. The second-order valence-electron chi connectivity index (χ2n) is 4.80. The van der Waals surface area contributed by atoms with Gasteiger partial charge in [-0.1, -0.05) is 24.3 Å². The largest absolute Gasteiger partial charge is 0.322 e. The van der Waals surface area contributed by atoms with Gasteiger partial charge in [0.1, 0.15) is 0 Å². The fourth-order valence-electron chi connectivity index (χ4n) is 2.48. The molecular weight excluding hydrogens is 363 g/mol. The molecule has 4 heteroatoms. The Labute approximate surface area is 131 Å². The molecule has 3 nitrogen and oxygen atoms in total. The zero-order valence-corrected chi connectivity index (χ0v) is 13.1. The summed E-state index contributed by atoms with van der Waals surface area (Å²) in [6.07, 6.45) is 0.956. The third-order valence-corrected chi connectivity index (χ3v) is 4.45. The van der Waals surface area contributed by atoms with Crippen LogP contribution in [0.15, 0.2) is 42.5 Å². The Bertz CT molecular complexity index is 655. The number of nitrogens with one attached hydrogen (secondary N) is 2. The van der Waals surface area contributed by atoms with Crippen LogP contribution in [0.4, 0.5) is 5.69 Å². The molecule has 1 aliphatic heterocycles. The van der Waals surface area contributed by atoms with E-state index in [1.54, 1.807) is 0 Å². The lowest BCUT2D eigenvalue weighted by molar-refractivity contribution is 0.102. The van der Waals surface area contributed by atoms with E-state index in [1.165, 1.54) is 11.1 Å². The van der Waals surface area contributed by atoms with Crippen LogP contribution in [0.1, 0.15) is 21.5 Å². The van der Waals surface area contributed by atoms with Crippen LogP contribution < -0.4 is 10.6 Å². The zero-order valence-electron chi connectivity index (χ0n) is 10.9.